The molecule has 90 valence electrons. The van der Waals surface area contributed by atoms with E-state index in [2.05, 4.69) is 51.1 Å². The van der Waals surface area contributed by atoms with Crippen LogP contribution < -0.4 is 5.32 Å². The molecule has 1 nitrogen and oxygen atoms in total. The first-order valence-corrected chi connectivity index (χ1v) is 7.54. The Bertz CT molecular complexity index is 480. The SMILES string of the molecule is CCNC(c1ccc(Cl)cc1)c1cscc1Br. The Morgan fingerprint density at radius 1 is 1.29 bits per heavy atom. The molecule has 0 saturated carbocycles. The molecule has 17 heavy (non-hydrogen) atoms. The normalized spacial score (nSPS) is 12.6. The minimum Gasteiger partial charge on any atom is -0.306 e. The van der Waals surface area contributed by atoms with Crippen LogP contribution in [0.4, 0.5) is 0 Å². The van der Waals surface area contributed by atoms with Crippen molar-refractivity contribution in [2.75, 3.05) is 6.54 Å². The number of thiophene rings is 1. The second kappa shape index (κ2) is 6.01. The number of nitrogens with one attached hydrogen (secondary N) is 1. The summed E-state index contributed by atoms with van der Waals surface area (Å²) < 4.78 is 1.16. The third-order valence-corrected chi connectivity index (χ3v) is 4.57. The Labute approximate surface area is 119 Å². The summed E-state index contributed by atoms with van der Waals surface area (Å²) in [6, 6.07) is 8.22. The molecule has 2 rings (SSSR count). The van der Waals surface area contributed by atoms with Gasteiger partial charge in [-0.15, -0.1) is 0 Å². The van der Waals surface area contributed by atoms with Gasteiger partial charge in [0.05, 0.1) is 6.04 Å². The van der Waals surface area contributed by atoms with E-state index in [9.17, 15) is 0 Å². The van der Waals surface area contributed by atoms with E-state index in [0.29, 0.717) is 0 Å². The van der Waals surface area contributed by atoms with Gasteiger partial charge in [0.15, 0.2) is 0 Å². The summed E-state index contributed by atoms with van der Waals surface area (Å²) >= 11 is 11.2. The quantitative estimate of drug-likeness (QED) is 0.844. The minimum atomic E-state index is 0.220. The van der Waals surface area contributed by atoms with Crippen molar-refractivity contribution >= 4 is 38.9 Å². The second-order valence-electron chi connectivity index (χ2n) is 3.72. The first-order valence-electron chi connectivity index (χ1n) is 5.42. The molecule has 0 spiro atoms. The van der Waals surface area contributed by atoms with Gasteiger partial charge in [-0.2, -0.15) is 11.3 Å². The Hall–Kier alpha value is -0.350. The summed E-state index contributed by atoms with van der Waals surface area (Å²) in [4.78, 5) is 0. The fourth-order valence-electron chi connectivity index (χ4n) is 1.76. The molecule has 0 aliphatic heterocycles. The molecule has 0 bridgehead atoms. The van der Waals surface area contributed by atoms with Crippen LogP contribution in [-0.4, -0.2) is 6.54 Å². The van der Waals surface area contributed by atoms with Crippen molar-refractivity contribution in [1.29, 1.82) is 0 Å². The van der Waals surface area contributed by atoms with Gasteiger partial charge >= 0.3 is 0 Å². The van der Waals surface area contributed by atoms with Crippen LogP contribution in [-0.2, 0) is 0 Å². The zero-order chi connectivity index (χ0) is 12.3. The van der Waals surface area contributed by atoms with E-state index in [-0.39, 0.29) is 6.04 Å². The molecule has 0 aliphatic carbocycles. The lowest BCUT2D eigenvalue weighted by molar-refractivity contribution is 0.630. The molecular weight excluding hydrogens is 318 g/mol. The Kier molecular flexibility index (Phi) is 4.62. The molecular formula is C13H13BrClNS. The maximum atomic E-state index is 5.92. The molecule has 0 saturated heterocycles. The molecule has 0 amide bonds. The van der Waals surface area contributed by atoms with Crippen LogP contribution >= 0.6 is 38.9 Å². The van der Waals surface area contributed by atoms with E-state index >= 15 is 0 Å². The zero-order valence-corrected chi connectivity index (χ0v) is 12.6. The minimum absolute atomic E-state index is 0.220. The Morgan fingerprint density at radius 3 is 2.53 bits per heavy atom. The molecule has 1 atom stereocenters. The molecule has 1 aromatic heterocycles. The molecule has 0 aliphatic rings. The smallest absolute Gasteiger partial charge is 0.0596 e. The van der Waals surface area contributed by atoms with Gasteiger partial charge in [0, 0.05) is 14.9 Å². The fraction of sp³-hybridized carbons (Fsp3) is 0.231. The number of benzene rings is 1. The highest BCUT2D eigenvalue weighted by Gasteiger charge is 2.16. The molecule has 1 unspecified atom stereocenters. The first kappa shape index (κ1) is 13.1. The van der Waals surface area contributed by atoms with Crippen LogP contribution in [0.1, 0.15) is 24.1 Å². The van der Waals surface area contributed by atoms with E-state index < -0.39 is 0 Å². The first-order chi connectivity index (χ1) is 8.22. The van der Waals surface area contributed by atoms with E-state index in [1.54, 1.807) is 11.3 Å². The topological polar surface area (TPSA) is 12.0 Å². The van der Waals surface area contributed by atoms with E-state index in [1.807, 2.05) is 12.1 Å². The van der Waals surface area contributed by atoms with Crippen molar-refractivity contribution in [2.45, 2.75) is 13.0 Å². The van der Waals surface area contributed by atoms with Crippen LogP contribution in [0.25, 0.3) is 0 Å². The average Bonchev–Trinajstić information content (AvgIpc) is 2.74. The number of hydrogen-bond donors (Lipinski definition) is 1. The molecule has 0 fully saturated rings. The van der Waals surface area contributed by atoms with Gasteiger partial charge in [-0.05, 0) is 51.1 Å². The van der Waals surface area contributed by atoms with Crippen LogP contribution in [0.2, 0.25) is 5.02 Å². The van der Waals surface area contributed by atoms with Gasteiger partial charge in [0.25, 0.3) is 0 Å². The predicted molar refractivity (Wildman–Crippen MR) is 79.0 cm³/mol. The summed E-state index contributed by atoms with van der Waals surface area (Å²) in [6.45, 7) is 3.04. The van der Waals surface area contributed by atoms with E-state index in [1.165, 1.54) is 11.1 Å². The molecule has 1 heterocycles. The lowest BCUT2D eigenvalue weighted by atomic mass is 10.0. The number of hydrogen-bond acceptors (Lipinski definition) is 2. The Morgan fingerprint density at radius 2 is 2.00 bits per heavy atom. The highest BCUT2D eigenvalue weighted by molar-refractivity contribution is 9.10. The van der Waals surface area contributed by atoms with Crippen LogP contribution in [0, 0.1) is 0 Å². The Balaban J connectivity index is 2.35. The third kappa shape index (κ3) is 3.10. The number of rotatable bonds is 4. The maximum Gasteiger partial charge on any atom is 0.0596 e. The van der Waals surface area contributed by atoms with Gasteiger partial charge in [0.1, 0.15) is 0 Å². The molecule has 1 N–H and O–H groups in total. The zero-order valence-electron chi connectivity index (χ0n) is 9.41. The van der Waals surface area contributed by atoms with Crippen LogP contribution in [0.15, 0.2) is 39.5 Å². The third-order valence-electron chi connectivity index (χ3n) is 2.56. The lowest BCUT2D eigenvalue weighted by Crippen LogP contribution is -2.21. The van der Waals surface area contributed by atoms with E-state index in [4.69, 9.17) is 11.6 Å². The summed E-state index contributed by atoms with van der Waals surface area (Å²) in [5.41, 5.74) is 2.51. The number of halogens is 2. The van der Waals surface area contributed by atoms with Crippen molar-refractivity contribution in [3.63, 3.8) is 0 Å². The van der Waals surface area contributed by atoms with Gasteiger partial charge < -0.3 is 5.32 Å². The van der Waals surface area contributed by atoms with Crippen LogP contribution in [0.3, 0.4) is 0 Å². The van der Waals surface area contributed by atoms with Crippen molar-refractivity contribution in [3.8, 4) is 0 Å². The van der Waals surface area contributed by atoms with Crippen molar-refractivity contribution in [2.24, 2.45) is 0 Å². The van der Waals surface area contributed by atoms with Gasteiger partial charge in [-0.1, -0.05) is 30.7 Å². The molecule has 2 aromatic rings. The van der Waals surface area contributed by atoms with Crippen LogP contribution in [0.5, 0.6) is 0 Å². The summed E-state index contributed by atoms with van der Waals surface area (Å²) in [5.74, 6) is 0. The molecule has 1 aromatic carbocycles. The standard InChI is InChI=1S/C13H13BrClNS/c1-2-16-13(11-7-17-8-12(11)14)9-3-5-10(15)6-4-9/h3-8,13,16H,2H2,1H3. The fourth-order valence-corrected chi connectivity index (χ4v) is 3.44. The maximum absolute atomic E-state index is 5.92. The van der Waals surface area contributed by atoms with Gasteiger partial charge in [0.2, 0.25) is 0 Å². The van der Waals surface area contributed by atoms with Crippen molar-refractivity contribution in [3.05, 3.63) is 55.6 Å². The predicted octanol–water partition coefficient (Wildman–Crippen LogP) is 4.86. The highest BCUT2D eigenvalue weighted by Crippen LogP contribution is 2.31. The van der Waals surface area contributed by atoms with Crippen molar-refractivity contribution in [1.82, 2.24) is 5.32 Å². The van der Waals surface area contributed by atoms with Gasteiger partial charge in [-0.3, -0.25) is 0 Å². The van der Waals surface area contributed by atoms with Crippen molar-refractivity contribution < 1.29 is 0 Å². The van der Waals surface area contributed by atoms with E-state index in [0.717, 1.165) is 16.0 Å². The molecule has 4 heteroatoms. The summed E-state index contributed by atoms with van der Waals surface area (Å²) in [6.07, 6.45) is 0. The highest BCUT2D eigenvalue weighted by atomic mass is 79.9. The molecule has 0 radical (unpaired) electrons. The second-order valence-corrected chi connectivity index (χ2v) is 5.75. The monoisotopic (exact) mass is 329 g/mol. The van der Waals surface area contributed by atoms with Gasteiger partial charge in [-0.25, -0.2) is 0 Å². The average molecular weight is 331 g/mol. The summed E-state index contributed by atoms with van der Waals surface area (Å²) in [5, 5.41) is 8.55. The largest absolute Gasteiger partial charge is 0.306 e. The summed E-state index contributed by atoms with van der Waals surface area (Å²) in [7, 11) is 0. The lowest BCUT2D eigenvalue weighted by Gasteiger charge is -2.18.